The van der Waals surface area contributed by atoms with Gasteiger partial charge >= 0.3 is 5.97 Å². The molecular formula is C28H28N4O7S2. The Morgan fingerprint density at radius 2 is 1.78 bits per heavy atom. The highest BCUT2D eigenvalue weighted by molar-refractivity contribution is 7.89. The van der Waals surface area contributed by atoms with Gasteiger partial charge < -0.3 is 14.8 Å². The number of hydrogen-bond acceptors (Lipinski definition) is 9. The minimum Gasteiger partial charge on any atom is -0.461 e. The van der Waals surface area contributed by atoms with Gasteiger partial charge in [-0.1, -0.05) is 6.07 Å². The first kappa shape index (κ1) is 28.6. The van der Waals surface area contributed by atoms with Crippen LogP contribution in [-0.4, -0.2) is 67.3 Å². The van der Waals surface area contributed by atoms with Crippen LogP contribution < -0.4 is 10.9 Å². The zero-order valence-electron chi connectivity index (χ0n) is 22.7. The number of rotatable bonds is 7. The third-order valence-electron chi connectivity index (χ3n) is 6.81. The Bertz CT molecular complexity index is 1810. The fourth-order valence-corrected chi connectivity index (χ4v) is 6.75. The Balaban J connectivity index is 1.51. The number of esters is 1. The molecule has 214 valence electrons. The summed E-state index contributed by atoms with van der Waals surface area (Å²) in [6.45, 7) is 6.82. The second kappa shape index (κ2) is 11.5. The maximum atomic E-state index is 13.7. The van der Waals surface area contributed by atoms with E-state index in [1.807, 2.05) is 19.9 Å². The van der Waals surface area contributed by atoms with E-state index in [4.69, 9.17) is 9.47 Å². The molecule has 0 atom stereocenters. The molecule has 0 spiro atoms. The summed E-state index contributed by atoms with van der Waals surface area (Å²) in [5.41, 5.74) is 2.06. The average molecular weight is 597 g/mol. The number of nitrogens with zero attached hydrogens (tertiary/aromatic N) is 3. The third-order valence-corrected chi connectivity index (χ3v) is 9.62. The van der Waals surface area contributed by atoms with Gasteiger partial charge in [0, 0.05) is 29.4 Å². The second-order valence-electron chi connectivity index (χ2n) is 9.40. The van der Waals surface area contributed by atoms with Crippen molar-refractivity contribution in [3.63, 3.8) is 0 Å². The van der Waals surface area contributed by atoms with Gasteiger partial charge in [0.25, 0.3) is 11.5 Å². The van der Waals surface area contributed by atoms with Gasteiger partial charge in [-0.15, -0.1) is 11.3 Å². The van der Waals surface area contributed by atoms with Crippen molar-refractivity contribution < 1.29 is 27.5 Å². The number of nitrogens with one attached hydrogen (secondary N) is 1. The van der Waals surface area contributed by atoms with Gasteiger partial charge in [0.2, 0.25) is 10.0 Å². The van der Waals surface area contributed by atoms with Crippen LogP contribution in [0.3, 0.4) is 0 Å². The van der Waals surface area contributed by atoms with Crippen LogP contribution in [0.5, 0.6) is 0 Å². The van der Waals surface area contributed by atoms with E-state index in [9.17, 15) is 22.8 Å². The van der Waals surface area contributed by atoms with E-state index in [1.165, 1.54) is 28.6 Å². The van der Waals surface area contributed by atoms with Gasteiger partial charge in [-0.2, -0.15) is 14.1 Å². The van der Waals surface area contributed by atoms with Crippen LogP contribution in [0, 0.1) is 13.8 Å². The molecule has 2 aromatic carbocycles. The number of carbonyl (C=O) groups is 2. The number of amides is 1. The van der Waals surface area contributed by atoms with Gasteiger partial charge in [-0.25, -0.2) is 13.2 Å². The first-order valence-electron chi connectivity index (χ1n) is 12.9. The third kappa shape index (κ3) is 5.53. The molecule has 2 aromatic heterocycles. The number of fused-ring (bicyclic) bond motifs is 1. The maximum Gasteiger partial charge on any atom is 0.359 e. The smallest absolute Gasteiger partial charge is 0.359 e. The lowest BCUT2D eigenvalue weighted by atomic mass is 10.1. The van der Waals surface area contributed by atoms with E-state index in [0.29, 0.717) is 18.9 Å². The summed E-state index contributed by atoms with van der Waals surface area (Å²) in [6.07, 6.45) is 0. The molecule has 1 aliphatic heterocycles. The normalized spacial score (nSPS) is 14.2. The number of morpholine rings is 1. The Morgan fingerprint density at radius 1 is 1.07 bits per heavy atom. The van der Waals surface area contributed by atoms with Crippen LogP contribution in [0.25, 0.3) is 16.5 Å². The predicted molar refractivity (Wildman–Crippen MR) is 155 cm³/mol. The van der Waals surface area contributed by atoms with E-state index in [2.05, 4.69) is 10.4 Å². The van der Waals surface area contributed by atoms with Crippen molar-refractivity contribution in [2.24, 2.45) is 0 Å². The second-order valence-corrected chi connectivity index (χ2v) is 12.2. The zero-order chi connectivity index (χ0) is 29.3. The van der Waals surface area contributed by atoms with E-state index < -0.39 is 27.5 Å². The molecule has 0 saturated carbocycles. The molecule has 0 bridgehead atoms. The molecule has 41 heavy (non-hydrogen) atoms. The lowest BCUT2D eigenvalue weighted by Gasteiger charge is -2.26. The van der Waals surface area contributed by atoms with Crippen molar-refractivity contribution in [1.29, 1.82) is 0 Å². The van der Waals surface area contributed by atoms with Crippen LogP contribution in [0.1, 0.15) is 38.9 Å². The molecule has 13 heteroatoms. The summed E-state index contributed by atoms with van der Waals surface area (Å²) in [5, 5.41) is 9.27. The van der Waals surface area contributed by atoms with E-state index in [0.717, 1.165) is 27.1 Å². The minimum absolute atomic E-state index is 0.0471. The first-order chi connectivity index (χ1) is 19.6. The summed E-state index contributed by atoms with van der Waals surface area (Å²) in [4.78, 5) is 39.8. The van der Waals surface area contributed by atoms with Gasteiger partial charge in [0.15, 0.2) is 5.69 Å². The minimum atomic E-state index is -3.71. The van der Waals surface area contributed by atoms with E-state index in [1.54, 1.807) is 24.4 Å². The lowest BCUT2D eigenvalue weighted by molar-refractivity contribution is 0.0519. The van der Waals surface area contributed by atoms with E-state index >= 15 is 0 Å². The number of thiophene rings is 1. The van der Waals surface area contributed by atoms with Crippen molar-refractivity contribution >= 4 is 49.0 Å². The molecule has 0 unspecified atom stereocenters. The quantitative estimate of drug-likeness (QED) is 0.320. The van der Waals surface area contributed by atoms with Crippen LogP contribution in [0.15, 0.2) is 57.5 Å². The van der Waals surface area contributed by atoms with Crippen molar-refractivity contribution in [2.75, 3.05) is 38.2 Å². The fourth-order valence-electron chi connectivity index (χ4n) is 4.41. The summed E-state index contributed by atoms with van der Waals surface area (Å²) in [5.74, 6) is -1.24. The Labute approximate surface area is 240 Å². The Kier molecular flexibility index (Phi) is 8.04. The number of aryl methyl sites for hydroxylation is 2. The van der Waals surface area contributed by atoms with E-state index in [-0.39, 0.29) is 51.6 Å². The zero-order valence-corrected chi connectivity index (χ0v) is 24.3. The number of anilines is 1. The molecule has 1 amide bonds. The number of aromatic nitrogens is 2. The maximum absolute atomic E-state index is 13.7. The van der Waals surface area contributed by atoms with Crippen LogP contribution in [0.4, 0.5) is 5.00 Å². The first-order valence-corrected chi connectivity index (χ1v) is 15.2. The molecule has 0 radical (unpaired) electrons. The monoisotopic (exact) mass is 596 g/mol. The number of benzene rings is 2. The van der Waals surface area contributed by atoms with Gasteiger partial charge in [-0.05, 0) is 68.3 Å². The van der Waals surface area contributed by atoms with Crippen molar-refractivity contribution in [2.45, 2.75) is 25.7 Å². The standard InChI is InChI=1S/C28H28N4O7S2/c1-4-39-28(35)24-22-16-40-26(23(22)27(34)32(30-24)20-8-5-17(2)18(3)15-20)29-25(33)19-6-9-21(10-7-19)41(36,37)31-11-13-38-14-12-31/h5-10,15-16H,4,11-14H2,1-3H3,(H,29,33). The largest absolute Gasteiger partial charge is 0.461 e. The van der Waals surface area contributed by atoms with Gasteiger partial charge in [0.05, 0.1) is 35.8 Å². The SMILES string of the molecule is CCOC(=O)c1nn(-c2ccc(C)c(C)c2)c(=O)c2c(NC(=O)c3ccc(S(=O)(=O)N4CCOCC4)cc3)scc12. The van der Waals surface area contributed by atoms with Gasteiger partial charge in [-0.3, -0.25) is 9.59 Å². The fraction of sp³-hybridized carbons (Fsp3) is 0.286. The van der Waals surface area contributed by atoms with Crippen molar-refractivity contribution in [1.82, 2.24) is 14.1 Å². The molecule has 1 aliphatic rings. The van der Waals surface area contributed by atoms with Crippen LogP contribution >= 0.6 is 11.3 Å². The van der Waals surface area contributed by atoms with Crippen LogP contribution in [0.2, 0.25) is 0 Å². The van der Waals surface area contributed by atoms with Crippen molar-refractivity contribution in [3.05, 3.63) is 80.6 Å². The highest BCUT2D eigenvalue weighted by atomic mass is 32.2. The average Bonchev–Trinajstić information content (AvgIpc) is 3.39. The Hall–Kier alpha value is -3.91. The number of sulfonamides is 1. The lowest BCUT2D eigenvalue weighted by Crippen LogP contribution is -2.40. The predicted octanol–water partition coefficient (Wildman–Crippen LogP) is 3.51. The number of ether oxygens (including phenoxy) is 2. The number of carbonyl (C=O) groups excluding carboxylic acids is 2. The molecule has 0 aliphatic carbocycles. The summed E-state index contributed by atoms with van der Waals surface area (Å²) in [7, 11) is -3.71. The molecular weight excluding hydrogens is 568 g/mol. The summed E-state index contributed by atoms with van der Waals surface area (Å²) in [6, 6.07) is 11.0. The van der Waals surface area contributed by atoms with Crippen LogP contribution in [-0.2, 0) is 19.5 Å². The molecule has 1 saturated heterocycles. The summed E-state index contributed by atoms with van der Waals surface area (Å²) < 4.78 is 38.7. The van der Waals surface area contributed by atoms with Gasteiger partial charge in [0.1, 0.15) is 5.00 Å². The highest BCUT2D eigenvalue weighted by Gasteiger charge is 2.27. The molecule has 5 rings (SSSR count). The summed E-state index contributed by atoms with van der Waals surface area (Å²) >= 11 is 1.08. The molecule has 11 nitrogen and oxygen atoms in total. The molecule has 3 heterocycles. The Morgan fingerprint density at radius 3 is 2.44 bits per heavy atom. The molecule has 1 fully saturated rings. The van der Waals surface area contributed by atoms with Crippen molar-refractivity contribution in [3.8, 4) is 5.69 Å². The molecule has 1 N–H and O–H groups in total. The highest BCUT2D eigenvalue weighted by Crippen LogP contribution is 2.31. The topological polar surface area (TPSA) is 137 Å². The number of hydrogen-bond donors (Lipinski definition) is 1. The molecule has 4 aromatic rings.